The first kappa shape index (κ1) is 19.9. The van der Waals surface area contributed by atoms with Crippen molar-refractivity contribution in [2.45, 2.75) is 91.1 Å². The maximum Gasteiger partial charge on any atom is 0.306 e. The van der Waals surface area contributed by atoms with Gasteiger partial charge < -0.3 is 9.47 Å². The molecule has 0 saturated carbocycles. The number of esters is 2. The second-order valence-corrected chi connectivity index (χ2v) is 6.43. The van der Waals surface area contributed by atoms with Crippen LogP contribution < -0.4 is 0 Å². The van der Waals surface area contributed by atoms with Gasteiger partial charge >= 0.3 is 11.9 Å². The summed E-state index contributed by atoms with van der Waals surface area (Å²) in [4.78, 5) is 22.9. The van der Waals surface area contributed by atoms with Crippen LogP contribution >= 0.6 is 0 Å². The summed E-state index contributed by atoms with van der Waals surface area (Å²) in [6, 6.07) is 0. The number of carbonyl (C=O) groups is 2. The third-order valence-corrected chi connectivity index (χ3v) is 2.94. The van der Waals surface area contributed by atoms with Crippen molar-refractivity contribution in [3.8, 4) is 0 Å². The number of carbonyl (C=O) groups excluding carboxylic acids is 2. The van der Waals surface area contributed by atoms with Crippen molar-refractivity contribution in [3.63, 3.8) is 0 Å². The van der Waals surface area contributed by atoms with Gasteiger partial charge in [0.15, 0.2) is 0 Å². The first-order chi connectivity index (χ1) is 9.85. The van der Waals surface area contributed by atoms with Crippen LogP contribution in [0.3, 0.4) is 0 Å². The Labute approximate surface area is 129 Å². The van der Waals surface area contributed by atoms with Crippen LogP contribution in [0.25, 0.3) is 0 Å². The molecule has 0 amide bonds. The molecule has 0 rings (SSSR count). The quantitative estimate of drug-likeness (QED) is 0.419. The Morgan fingerprint density at radius 3 is 1.95 bits per heavy atom. The summed E-state index contributed by atoms with van der Waals surface area (Å²) in [7, 11) is 0. The van der Waals surface area contributed by atoms with E-state index in [1.54, 1.807) is 0 Å². The molecule has 0 spiro atoms. The molecular weight excluding hydrogens is 268 g/mol. The minimum atomic E-state index is -0.418. The minimum Gasteiger partial charge on any atom is -0.466 e. The van der Waals surface area contributed by atoms with Gasteiger partial charge in [-0.2, -0.15) is 0 Å². The molecule has 0 saturated heterocycles. The summed E-state index contributed by atoms with van der Waals surface area (Å²) >= 11 is 0. The molecule has 0 heterocycles. The third kappa shape index (κ3) is 15.2. The zero-order valence-corrected chi connectivity index (χ0v) is 14.2. The van der Waals surface area contributed by atoms with E-state index >= 15 is 0 Å². The Bertz CT molecular complexity index is 292. The molecule has 0 N–H and O–H groups in total. The van der Waals surface area contributed by atoms with Gasteiger partial charge in [-0.1, -0.05) is 32.6 Å². The van der Waals surface area contributed by atoms with E-state index in [2.05, 4.69) is 6.92 Å². The Morgan fingerprint density at radius 1 is 0.810 bits per heavy atom. The zero-order chi connectivity index (χ0) is 16.1. The van der Waals surface area contributed by atoms with E-state index < -0.39 is 5.60 Å². The highest BCUT2D eigenvalue weighted by atomic mass is 16.6. The molecule has 4 heteroatoms. The summed E-state index contributed by atoms with van der Waals surface area (Å²) in [5, 5.41) is 0. The fraction of sp³-hybridized carbons (Fsp3) is 0.882. The molecule has 0 unspecified atom stereocenters. The molecule has 0 fully saturated rings. The lowest BCUT2D eigenvalue weighted by molar-refractivity contribution is -0.154. The van der Waals surface area contributed by atoms with Crippen LogP contribution in [-0.2, 0) is 19.1 Å². The molecule has 0 radical (unpaired) electrons. The van der Waals surface area contributed by atoms with E-state index in [4.69, 9.17) is 9.47 Å². The van der Waals surface area contributed by atoms with E-state index in [1.165, 1.54) is 12.8 Å². The van der Waals surface area contributed by atoms with Crippen LogP contribution in [0.4, 0.5) is 0 Å². The van der Waals surface area contributed by atoms with Crippen molar-refractivity contribution in [2.24, 2.45) is 0 Å². The third-order valence-electron chi connectivity index (χ3n) is 2.94. The second-order valence-electron chi connectivity index (χ2n) is 6.43. The molecule has 0 aliphatic rings. The van der Waals surface area contributed by atoms with Crippen molar-refractivity contribution in [1.29, 1.82) is 0 Å². The van der Waals surface area contributed by atoms with E-state index in [0.29, 0.717) is 19.4 Å². The summed E-state index contributed by atoms with van der Waals surface area (Å²) in [6.07, 6.45) is 7.72. The molecule has 124 valence electrons. The van der Waals surface area contributed by atoms with Crippen molar-refractivity contribution < 1.29 is 19.1 Å². The van der Waals surface area contributed by atoms with Gasteiger partial charge in [0.25, 0.3) is 0 Å². The highest BCUT2D eigenvalue weighted by Gasteiger charge is 2.15. The molecule has 0 aromatic carbocycles. The first-order valence-electron chi connectivity index (χ1n) is 8.22. The monoisotopic (exact) mass is 300 g/mol. The lowest BCUT2D eigenvalue weighted by Gasteiger charge is -2.19. The molecular formula is C17H32O4. The number of ether oxygens (including phenoxy) is 2. The van der Waals surface area contributed by atoms with Gasteiger partial charge in [0.1, 0.15) is 5.60 Å². The summed E-state index contributed by atoms with van der Waals surface area (Å²) in [5.41, 5.74) is -0.418. The molecule has 0 atom stereocenters. The number of rotatable bonds is 11. The van der Waals surface area contributed by atoms with Crippen LogP contribution in [0.5, 0.6) is 0 Å². The molecule has 21 heavy (non-hydrogen) atoms. The maximum absolute atomic E-state index is 11.5. The van der Waals surface area contributed by atoms with E-state index in [-0.39, 0.29) is 11.9 Å². The fourth-order valence-corrected chi connectivity index (χ4v) is 1.90. The number of unbranched alkanes of at least 4 members (excludes halogenated alkanes) is 5. The van der Waals surface area contributed by atoms with E-state index in [1.807, 2.05) is 20.8 Å². The SMILES string of the molecule is CCCCCCOC(=O)CCCCCC(=O)OC(C)(C)C. The van der Waals surface area contributed by atoms with Gasteiger partial charge in [-0.3, -0.25) is 9.59 Å². The first-order valence-corrected chi connectivity index (χ1v) is 8.22. The predicted molar refractivity (Wildman–Crippen MR) is 84.0 cm³/mol. The Morgan fingerprint density at radius 2 is 1.38 bits per heavy atom. The molecule has 0 aromatic rings. The fourth-order valence-electron chi connectivity index (χ4n) is 1.90. The van der Waals surface area contributed by atoms with Crippen LogP contribution in [0.1, 0.15) is 85.5 Å². The van der Waals surface area contributed by atoms with Crippen molar-refractivity contribution in [1.82, 2.24) is 0 Å². The van der Waals surface area contributed by atoms with Crippen molar-refractivity contribution in [2.75, 3.05) is 6.61 Å². The van der Waals surface area contributed by atoms with E-state index in [0.717, 1.165) is 32.1 Å². The smallest absolute Gasteiger partial charge is 0.306 e. The van der Waals surface area contributed by atoms with Crippen LogP contribution in [0.15, 0.2) is 0 Å². The molecule has 0 aliphatic heterocycles. The minimum absolute atomic E-state index is 0.122. The van der Waals surface area contributed by atoms with Crippen molar-refractivity contribution in [3.05, 3.63) is 0 Å². The average molecular weight is 300 g/mol. The molecule has 0 aliphatic carbocycles. The standard InChI is InChI=1S/C17H32O4/c1-5-6-7-11-14-20-15(18)12-9-8-10-13-16(19)21-17(2,3)4/h5-14H2,1-4H3. The predicted octanol–water partition coefficient (Wildman–Crippen LogP) is 4.40. The Kier molecular flexibility index (Phi) is 11.0. The van der Waals surface area contributed by atoms with Gasteiger partial charge in [0, 0.05) is 12.8 Å². The summed E-state index contributed by atoms with van der Waals surface area (Å²) < 4.78 is 10.4. The normalized spacial score (nSPS) is 11.2. The maximum atomic E-state index is 11.5. The second kappa shape index (κ2) is 11.6. The van der Waals surface area contributed by atoms with E-state index in [9.17, 15) is 9.59 Å². The van der Waals surface area contributed by atoms with Gasteiger partial charge in [-0.05, 0) is 40.0 Å². The Hall–Kier alpha value is -1.06. The lowest BCUT2D eigenvalue weighted by Crippen LogP contribution is -2.23. The largest absolute Gasteiger partial charge is 0.466 e. The van der Waals surface area contributed by atoms with Crippen LogP contribution in [0, 0.1) is 0 Å². The van der Waals surface area contributed by atoms with Gasteiger partial charge in [0.05, 0.1) is 6.61 Å². The van der Waals surface area contributed by atoms with Gasteiger partial charge in [0.2, 0.25) is 0 Å². The highest BCUT2D eigenvalue weighted by molar-refractivity contribution is 5.70. The molecule has 0 bridgehead atoms. The number of hydrogen-bond donors (Lipinski definition) is 0. The average Bonchev–Trinajstić information content (AvgIpc) is 2.36. The van der Waals surface area contributed by atoms with Gasteiger partial charge in [-0.25, -0.2) is 0 Å². The lowest BCUT2D eigenvalue weighted by atomic mass is 10.1. The summed E-state index contributed by atoms with van der Waals surface area (Å²) in [6.45, 7) is 8.28. The van der Waals surface area contributed by atoms with Crippen molar-refractivity contribution >= 4 is 11.9 Å². The summed E-state index contributed by atoms with van der Waals surface area (Å²) in [5.74, 6) is -0.287. The number of hydrogen-bond acceptors (Lipinski definition) is 4. The Balaban J connectivity index is 3.42. The molecule has 0 aromatic heterocycles. The molecule has 4 nitrogen and oxygen atoms in total. The highest BCUT2D eigenvalue weighted by Crippen LogP contribution is 2.11. The van der Waals surface area contributed by atoms with Crippen LogP contribution in [0.2, 0.25) is 0 Å². The topological polar surface area (TPSA) is 52.6 Å². The zero-order valence-electron chi connectivity index (χ0n) is 14.2. The van der Waals surface area contributed by atoms with Gasteiger partial charge in [-0.15, -0.1) is 0 Å². The van der Waals surface area contributed by atoms with Crippen LogP contribution in [-0.4, -0.2) is 24.1 Å².